The van der Waals surface area contributed by atoms with Gasteiger partial charge in [0.25, 0.3) is 11.8 Å². The Morgan fingerprint density at radius 3 is 2.38 bits per heavy atom. The Kier molecular flexibility index (Phi) is 8.42. The standard InChI is InChI=1S/C21H25N3O4S/c1-4-9-27-18-8-6-5-7-17(18)20(26)22-21(29)24-23-19(25)13-28-16-11-14(2)10-15(3)12-16/h5-8,10-12H,4,9,13H2,1-3H3,(H,23,25)(H2,22,24,26,29). The Labute approximate surface area is 175 Å². The van der Waals surface area contributed by atoms with Gasteiger partial charge in [0.1, 0.15) is 11.5 Å². The lowest BCUT2D eigenvalue weighted by Crippen LogP contribution is -2.49. The van der Waals surface area contributed by atoms with Crippen molar-refractivity contribution in [2.45, 2.75) is 27.2 Å². The van der Waals surface area contributed by atoms with Gasteiger partial charge in [0.2, 0.25) is 0 Å². The Bertz CT molecular complexity index is 866. The van der Waals surface area contributed by atoms with E-state index in [4.69, 9.17) is 21.7 Å². The molecule has 0 aliphatic rings. The van der Waals surface area contributed by atoms with Gasteiger partial charge in [-0.25, -0.2) is 0 Å². The van der Waals surface area contributed by atoms with E-state index in [9.17, 15) is 9.59 Å². The average Bonchev–Trinajstić information content (AvgIpc) is 2.68. The highest BCUT2D eigenvalue weighted by atomic mass is 32.1. The van der Waals surface area contributed by atoms with Crippen LogP contribution >= 0.6 is 12.2 Å². The zero-order valence-corrected chi connectivity index (χ0v) is 17.5. The number of hydrogen-bond donors (Lipinski definition) is 3. The monoisotopic (exact) mass is 415 g/mol. The van der Waals surface area contributed by atoms with Gasteiger partial charge >= 0.3 is 0 Å². The molecule has 0 unspecified atom stereocenters. The second-order valence-corrected chi connectivity index (χ2v) is 6.82. The Morgan fingerprint density at radius 1 is 1.00 bits per heavy atom. The Morgan fingerprint density at radius 2 is 1.69 bits per heavy atom. The van der Waals surface area contributed by atoms with Crippen LogP contribution in [-0.4, -0.2) is 30.1 Å². The Hall–Kier alpha value is -3.13. The summed E-state index contributed by atoms with van der Waals surface area (Å²) in [7, 11) is 0. The molecule has 0 saturated heterocycles. The van der Waals surface area contributed by atoms with E-state index in [1.807, 2.05) is 39.0 Å². The molecule has 0 atom stereocenters. The van der Waals surface area contributed by atoms with Crippen LogP contribution < -0.4 is 25.6 Å². The van der Waals surface area contributed by atoms with Crippen LogP contribution in [0.25, 0.3) is 0 Å². The third kappa shape index (κ3) is 7.42. The van der Waals surface area contributed by atoms with Gasteiger partial charge in [-0.1, -0.05) is 25.1 Å². The Balaban J connectivity index is 1.80. The number of rotatable bonds is 7. The fourth-order valence-corrected chi connectivity index (χ4v) is 2.67. The quantitative estimate of drug-likeness (QED) is 0.476. The van der Waals surface area contributed by atoms with E-state index < -0.39 is 11.8 Å². The van der Waals surface area contributed by atoms with Crippen molar-refractivity contribution in [3.8, 4) is 11.5 Å². The average molecular weight is 416 g/mol. The molecule has 2 rings (SSSR count). The molecular weight excluding hydrogens is 390 g/mol. The van der Waals surface area contributed by atoms with Gasteiger partial charge in [-0.15, -0.1) is 0 Å². The second-order valence-electron chi connectivity index (χ2n) is 6.41. The number of thiocarbonyl (C=S) groups is 1. The van der Waals surface area contributed by atoms with Crippen molar-refractivity contribution >= 4 is 29.1 Å². The van der Waals surface area contributed by atoms with Gasteiger partial charge in [-0.05, 0) is 67.9 Å². The predicted octanol–water partition coefficient (Wildman–Crippen LogP) is 2.81. The van der Waals surface area contributed by atoms with E-state index in [-0.39, 0.29) is 11.7 Å². The van der Waals surface area contributed by atoms with Gasteiger partial charge in [-0.2, -0.15) is 0 Å². The SMILES string of the molecule is CCCOc1ccccc1C(=O)NC(=S)NNC(=O)COc1cc(C)cc(C)c1. The van der Waals surface area contributed by atoms with Crippen LogP contribution in [0, 0.1) is 13.8 Å². The number of ether oxygens (including phenoxy) is 2. The summed E-state index contributed by atoms with van der Waals surface area (Å²) in [6.07, 6.45) is 0.826. The van der Waals surface area contributed by atoms with Gasteiger partial charge < -0.3 is 9.47 Å². The van der Waals surface area contributed by atoms with Crippen molar-refractivity contribution in [2.75, 3.05) is 13.2 Å². The van der Waals surface area contributed by atoms with Crippen molar-refractivity contribution in [3.63, 3.8) is 0 Å². The summed E-state index contributed by atoms with van der Waals surface area (Å²) in [6.45, 7) is 6.19. The van der Waals surface area contributed by atoms with Crippen LogP contribution in [0.4, 0.5) is 0 Å². The molecule has 0 heterocycles. The fraction of sp³-hybridized carbons (Fsp3) is 0.286. The molecule has 2 aromatic rings. The first-order valence-electron chi connectivity index (χ1n) is 9.22. The summed E-state index contributed by atoms with van der Waals surface area (Å²) >= 11 is 5.05. The highest BCUT2D eigenvalue weighted by Gasteiger charge is 2.14. The molecule has 0 radical (unpaired) electrons. The molecule has 3 N–H and O–H groups in total. The number of aryl methyl sites for hydroxylation is 2. The van der Waals surface area contributed by atoms with Crippen LogP contribution in [0.2, 0.25) is 0 Å². The molecule has 0 aliphatic carbocycles. The van der Waals surface area contributed by atoms with Gasteiger partial charge in [0, 0.05) is 0 Å². The van der Waals surface area contributed by atoms with Gasteiger partial charge in [0.15, 0.2) is 11.7 Å². The minimum atomic E-state index is -0.438. The fourth-order valence-electron chi connectivity index (χ4n) is 2.52. The second kappa shape index (κ2) is 11.0. The first-order chi connectivity index (χ1) is 13.9. The van der Waals surface area contributed by atoms with Crippen LogP contribution in [0.3, 0.4) is 0 Å². The largest absolute Gasteiger partial charge is 0.493 e. The van der Waals surface area contributed by atoms with Gasteiger partial charge in [-0.3, -0.25) is 25.8 Å². The molecule has 7 nitrogen and oxygen atoms in total. The zero-order valence-electron chi connectivity index (χ0n) is 16.7. The summed E-state index contributed by atoms with van der Waals surface area (Å²) in [4.78, 5) is 24.3. The maximum absolute atomic E-state index is 12.4. The van der Waals surface area contributed by atoms with Crippen molar-refractivity contribution in [1.82, 2.24) is 16.2 Å². The molecule has 0 saturated carbocycles. The van der Waals surface area contributed by atoms with Gasteiger partial charge in [0.05, 0.1) is 12.2 Å². The van der Waals surface area contributed by atoms with Crippen LogP contribution in [0.1, 0.15) is 34.8 Å². The van der Waals surface area contributed by atoms with Crippen LogP contribution in [-0.2, 0) is 4.79 Å². The lowest BCUT2D eigenvalue weighted by atomic mass is 10.1. The van der Waals surface area contributed by atoms with Crippen molar-refractivity contribution in [1.29, 1.82) is 0 Å². The molecule has 154 valence electrons. The van der Waals surface area contributed by atoms with Crippen molar-refractivity contribution in [3.05, 3.63) is 59.2 Å². The molecule has 0 bridgehead atoms. The van der Waals surface area contributed by atoms with Crippen molar-refractivity contribution in [2.24, 2.45) is 0 Å². The van der Waals surface area contributed by atoms with E-state index in [2.05, 4.69) is 16.2 Å². The minimum Gasteiger partial charge on any atom is -0.493 e. The van der Waals surface area contributed by atoms with E-state index in [0.29, 0.717) is 23.7 Å². The maximum atomic E-state index is 12.4. The first kappa shape index (κ1) is 22.2. The summed E-state index contributed by atoms with van der Waals surface area (Å²) < 4.78 is 11.0. The highest BCUT2D eigenvalue weighted by molar-refractivity contribution is 7.80. The van der Waals surface area contributed by atoms with E-state index in [1.54, 1.807) is 24.3 Å². The molecule has 2 amide bonds. The highest BCUT2D eigenvalue weighted by Crippen LogP contribution is 2.18. The molecule has 0 fully saturated rings. The number of hydrogen-bond acceptors (Lipinski definition) is 5. The number of benzene rings is 2. The predicted molar refractivity (Wildman–Crippen MR) is 115 cm³/mol. The third-order valence-electron chi connectivity index (χ3n) is 3.70. The molecule has 8 heteroatoms. The lowest BCUT2D eigenvalue weighted by molar-refractivity contribution is -0.123. The summed E-state index contributed by atoms with van der Waals surface area (Å²) in [6, 6.07) is 12.6. The molecule has 0 spiro atoms. The smallest absolute Gasteiger partial charge is 0.276 e. The van der Waals surface area contributed by atoms with Crippen molar-refractivity contribution < 1.29 is 19.1 Å². The summed E-state index contributed by atoms with van der Waals surface area (Å²) in [5.74, 6) is 0.208. The summed E-state index contributed by atoms with van der Waals surface area (Å²) in [5.41, 5.74) is 7.32. The third-order valence-corrected chi connectivity index (χ3v) is 3.91. The molecule has 0 aromatic heterocycles. The maximum Gasteiger partial charge on any atom is 0.276 e. The number of hydrazine groups is 1. The summed E-state index contributed by atoms with van der Waals surface area (Å²) in [5, 5.41) is 2.46. The molecule has 29 heavy (non-hydrogen) atoms. The number of amides is 2. The van der Waals surface area contributed by atoms with E-state index in [1.165, 1.54) is 0 Å². The van der Waals surface area contributed by atoms with E-state index >= 15 is 0 Å². The van der Waals surface area contributed by atoms with E-state index in [0.717, 1.165) is 17.5 Å². The number of carbonyl (C=O) groups excluding carboxylic acids is 2. The molecule has 0 aliphatic heterocycles. The number of para-hydroxylation sites is 1. The molecular formula is C21H25N3O4S. The number of carbonyl (C=O) groups is 2. The first-order valence-corrected chi connectivity index (χ1v) is 9.63. The molecule has 2 aromatic carbocycles. The normalized spacial score (nSPS) is 10.0. The topological polar surface area (TPSA) is 88.7 Å². The minimum absolute atomic E-state index is 0.0416. The lowest BCUT2D eigenvalue weighted by Gasteiger charge is -2.13. The zero-order chi connectivity index (χ0) is 21.2. The number of nitrogens with one attached hydrogen (secondary N) is 3. The van der Waals surface area contributed by atoms with Crippen LogP contribution in [0.5, 0.6) is 11.5 Å². The van der Waals surface area contributed by atoms with Crippen LogP contribution in [0.15, 0.2) is 42.5 Å².